The van der Waals surface area contributed by atoms with Crippen molar-refractivity contribution in [3.05, 3.63) is 51.8 Å². The van der Waals surface area contributed by atoms with E-state index in [0.717, 1.165) is 16.9 Å². The van der Waals surface area contributed by atoms with Gasteiger partial charge in [-0.05, 0) is 18.1 Å². The van der Waals surface area contributed by atoms with Crippen LogP contribution in [-0.2, 0) is 13.6 Å². The fourth-order valence-corrected chi connectivity index (χ4v) is 2.08. The SMILES string of the molecule is CC(C)c1nn(C)cc1CNc1ccc([N+](=O)[O-])cc1. The highest BCUT2D eigenvalue weighted by Gasteiger charge is 2.11. The maximum Gasteiger partial charge on any atom is 0.269 e. The average molecular weight is 274 g/mol. The van der Waals surface area contributed by atoms with Gasteiger partial charge in [0.2, 0.25) is 0 Å². The highest BCUT2D eigenvalue weighted by atomic mass is 16.6. The predicted octanol–water partition coefficient (Wildman–Crippen LogP) is 3.06. The zero-order valence-electron chi connectivity index (χ0n) is 11.8. The summed E-state index contributed by atoms with van der Waals surface area (Å²) in [6.45, 7) is 4.87. The van der Waals surface area contributed by atoms with Gasteiger partial charge in [-0.3, -0.25) is 14.8 Å². The Hall–Kier alpha value is -2.37. The molecule has 0 amide bonds. The number of aryl methyl sites for hydroxylation is 1. The molecule has 0 radical (unpaired) electrons. The Kier molecular flexibility index (Phi) is 4.02. The Morgan fingerprint density at radius 1 is 1.35 bits per heavy atom. The van der Waals surface area contributed by atoms with E-state index in [0.29, 0.717) is 12.5 Å². The van der Waals surface area contributed by atoms with E-state index >= 15 is 0 Å². The lowest BCUT2D eigenvalue weighted by atomic mass is 10.1. The van der Waals surface area contributed by atoms with Crippen molar-refractivity contribution >= 4 is 11.4 Å². The third-order valence-electron chi connectivity index (χ3n) is 3.05. The second-order valence-corrected chi connectivity index (χ2v) is 5.03. The Bertz CT molecular complexity index is 602. The van der Waals surface area contributed by atoms with E-state index in [1.54, 1.807) is 12.1 Å². The van der Waals surface area contributed by atoms with Crippen LogP contribution in [0.5, 0.6) is 0 Å². The number of nitro groups is 1. The summed E-state index contributed by atoms with van der Waals surface area (Å²) in [7, 11) is 1.90. The molecule has 6 heteroatoms. The molecule has 0 spiro atoms. The van der Waals surface area contributed by atoms with Gasteiger partial charge in [0.05, 0.1) is 10.6 Å². The van der Waals surface area contributed by atoms with Crippen molar-refractivity contribution in [3.8, 4) is 0 Å². The quantitative estimate of drug-likeness (QED) is 0.671. The summed E-state index contributed by atoms with van der Waals surface area (Å²) < 4.78 is 1.81. The molecule has 20 heavy (non-hydrogen) atoms. The second-order valence-electron chi connectivity index (χ2n) is 5.03. The molecule has 0 aliphatic rings. The van der Waals surface area contributed by atoms with Gasteiger partial charge in [0.15, 0.2) is 0 Å². The van der Waals surface area contributed by atoms with E-state index in [4.69, 9.17) is 0 Å². The van der Waals surface area contributed by atoms with Crippen molar-refractivity contribution in [2.24, 2.45) is 7.05 Å². The Morgan fingerprint density at radius 2 is 2.00 bits per heavy atom. The Balaban J connectivity index is 2.07. The molecule has 0 atom stereocenters. The summed E-state index contributed by atoms with van der Waals surface area (Å²) >= 11 is 0. The monoisotopic (exact) mass is 274 g/mol. The molecule has 2 aromatic rings. The lowest BCUT2D eigenvalue weighted by Crippen LogP contribution is -2.02. The van der Waals surface area contributed by atoms with Crippen LogP contribution < -0.4 is 5.32 Å². The van der Waals surface area contributed by atoms with Gasteiger partial charge in [-0.25, -0.2) is 0 Å². The molecule has 0 saturated carbocycles. The van der Waals surface area contributed by atoms with Crippen LogP contribution >= 0.6 is 0 Å². The van der Waals surface area contributed by atoms with Crippen molar-refractivity contribution in [2.75, 3.05) is 5.32 Å². The number of hydrogen-bond donors (Lipinski definition) is 1. The Labute approximate surface area is 117 Å². The summed E-state index contributed by atoms with van der Waals surface area (Å²) in [5.74, 6) is 0.366. The van der Waals surface area contributed by atoms with Crippen molar-refractivity contribution in [2.45, 2.75) is 26.3 Å². The first-order valence-corrected chi connectivity index (χ1v) is 6.48. The number of anilines is 1. The van der Waals surface area contributed by atoms with Gasteiger partial charge in [-0.15, -0.1) is 0 Å². The van der Waals surface area contributed by atoms with Gasteiger partial charge < -0.3 is 5.32 Å². The van der Waals surface area contributed by atoms with Crippen LogP contribution in [-0.4, -0.2) is 14.7 Å². The zero-order chi connectivity index (χ0) is 14.7. The van der Waals surface area contributed by atoms with Gasteiger partial charge in [0.25, 0.3) is 5.69 Å². The van der Waals surface area contributed by atoms with Crippen LogP contribution in [0.25, 0.3) is 0 Å². The first-order chi connectivity index (χ1) is 9.47. The highest BCUT2D eigenvalue weighted by molar-refractivity contribution is 5.49. The third-order valence-corrected chi connectivity index (χ3v) is 3.05. The minimum atomic E-state index is -0.401. The van der Waals surface area contributed by atoms with Crippen LogP contribution in [0.1, 0.15) is 31.0 Å². The third kappa shape index (κ3) is 3.14. The van der Waals surface area contributed by atoms with Gasteiger partial charge >= 0.3 is 0 Å². The molecule has 0 fully saturated rings. The largest absolute Gasteiger partial charge is 0.381 e. The maximum atomic E-state index is 10.6. The molecule has 6 nitrogen and oxygen atoms in total. The summed E-state index contributed by atoms with van der Waals surface area (Å²) in [5, 5.41) is 18.3. The van der Waals surface area contributed by atoms with Crippen molar-refractivity contribution in [1.29, 1.82) is 0 Å². The van der Waals surface area contributed by atoms with Crippen molar-refractivity contribution < 1.29 is 4.92 Å². The molecule has 1 heterocycles. The first-order valence-electron chi connectivity index (χ1n) is 6.48. The molecule has 0 aliphatic carbocycles. The fraction of sp³-hybridized carbons (Fsp3) is 0.357. The van der Waals surface area contributed by atoms with E-state index in [2.05, 4.69) is 24.3 Å². The lowest BCUT2D eigenvalue weighted by Gasteiger charge is -2.08. The molecule has 0 saturated heterocycles. The molecular weight excluding hydrogens is 256 g/mol. The molecule has 0 unspecified atom stereocenters. The molecule has 0 bridgehead atoms. The topological polar surface area (TPSA) is 73.0 Å². The highest BCUT2D eigenvalue weighted by Crippen LogP contribution is 2.20. The maximum absolute atomic E-state index is 10.6. The minimum Gasteiger partial charge on any atom is -0.381 e. The van der Waals surface area contributed by atoms with E-state index in [9.17, 15) is 10.1 Å². The number of aromatic nitrogens is 2. The summed E-state index contributed by atoms with van der Waals surface area (Å²) in [5.41, 5.74) is 3.16. The molecule has 1 aromatic heterocycles. The van der Waals surface area contributed by atoms with Gasteiger partial charge in [0.1, 0.15) is 0 Å². The fourth-order valence-electron chi connectivity index (χ4n) is 2.08. The number of benzene rings is 1. The number of non-ortho nitro benzene ring substituents is 1. The number of nitro benzene ring substituents is 1. The number of rotatable bonds is 5. The smallest absolute Gasteiger partial charge is 0.269 e. The number of nitrogens with one attached hydrogen (secondary N) is 1. The normalized spacial score (nSPS) is 10.8. The first kappa shape index (κ1) is 14.0. The molecule has 1 aromatic carbocycles. The molecule has 2 rings (SSSR count). The van der Waals surface area contributed by atoms with Crippen molar-refractivity contribution in [3.63, 3.8) is 0 Å². The molecule has 0 aliphatic heterocycles. The number of hydrogen-bond acceptors (Lipinski definition) is 4. The summed E-state index contributed by atoms with van der Waals surface area (Å²) in [6, 6.07) is 6.41. The number of nitrogens with zero attached hydrogens (tertiary/aromatic N) is 3. The van der Waals surface area contributed by atoms with Gasteiger partial charge in [-0.1, -0.05) is 13.8 Å². The predicted molar refractivity (Wildman–Crippen MR) is 77.7 cm³/mol. The van der Waals surface area contributed by atoms with Crippen LogP contribution in [0.2, 0.25) is 0 Å². The van der Waals surface area contributed by atoms with Crippen LogP contribution in [0.15, 0.2) is 30.5 Å². The van der Waals surface area contributed by atoms with Gasteiger partial charge in [0, 0.05) is 43.2 Å². The van der Waals surface area contributed by atoms with Crippen LogP contribution in [0, 0.1) is 10.1 Å². The van der Waals surface area contributed by atoms with Crippen LogP contribution in [0.4, 0.5) is 11.4 Å². The average Bonchev–Trinajstić information content (AvgIpc) is 2.78. The second kappa shape index (κ2) is 5.73. The standard InChI is InChI=1S/C14H18N4O2/c1-10(2)14-11(9-17(3)16-14)8-15-12-4-6-13(7-5-12)18(19)20/h4-7,9-10,15H,8H2,1-3H3. The summed E-state index contributed by atoms with van der Waals surface area (Å²) in [6.07, 6.45) is 1.99. The van der Waals surface area contributed by atoms with E-state index < -0.39 is 4.92 Å². The molecule has 1 N–H and O–H groups in total. The minimum absolute atomic E-state index is 0.0970. The lowest BCUT2D eigenvalue weighted by molar-refractivity contribution is -0.384. The van der Waals surface area contributed by atoms with E-state index in [1.165, 1.54) is 12.1 Å². The van der Waals surface area contributed by atoms with Crippen LogP contribution in [0.3, 0.4) is 0 Å². The Morgan fingerprint density at radius 3 is 2.55 bits per heavy atom. The van der Waals surface area contributed by atoms with Crippen molar-refractivity contribution in [1.82, 2.24) is 9.78 Å². The molecular formula is C14H18N4O2. The zero-order valence-corrected chi connectivity index (χ0v) is 11.8. The molecule has 106 valence electrons. The van der Waals surface area contributed by atoms with Gasteiger partial charge in [-0.2, -0.15) is 5.10 Å². The van der Waals surface area contributed by atoms with E-state index in [1.807, 2.05) is 17.9 Å². The summed E-state index contributed by atoms with van der Waals surface area (Å²) in [4.78, 5) is 10.2. The van der Waals surface area contributed by atoms with E-state index in [-0.39, 0.29) is 5.69 Å².